The van der Waals surface area contributed by atoms with Crippen LogP contribution in [0.1, 0.15) is 44.0 Å². The van der Waals surface area contributed by atoms with Crippen molar-refractivity contribution in [2.45, 2.75) is 40.2 Å². The van der Waals surface area contributed by atoms with Crippen LogP contribution in [0, 0.1) is 6.92 Å². The first kappa shape index (κ1) is 14.3. The molecule has 0 fully saturated rings. The van der Waals surface area contributed by atoms with E-state index in [0.717, 1.165) is 35.9 Å². The minimum atomic E-state index is -0.0432. The van der Waals surface area contributed by atoms with E-state index in [2.05, 4.69) is 32.5 Å². The summed E-state index contributed by atoms with van der Waals surface area (Å²) in [6.45, 7) is 8.85. The molecule has 1 atom stereocenters. The van der Waals surface area contributed by atoms with Crippen molar-refractivity contribution in [2.24, 2.45) is 0 Å². The van der Waals surface area contributed by atoms with Gasteiger partial charge in [-0.2, -0.15) is 0 Å². The highest BCUT2D eigenvalue weighted by Crippen LogP contribution is 2.24. The van der Waals surface area contributed by atoms with Gasteiger partial charge < -0.3 is 15.1 Å². The molecule has 20 heavy (non-hydrogen) atoms. The molecular formula is C14H21N5O. The summed E-state index contributed by atoms with van der Waals surface area (Å²) in [5.74, 6) is 3.17. The second kappa shape index (κ2) is 6.36. The van der Waals surface area contributed by atoms with Crippen LogP contribution < -0.4 is 10.6 Å². The van der Waals surface area contributed by atoms with E-state index in [0.29, 0.717) is 5.89 Å². The second-order valence-electron chi connectivity index (χ2n) is 4.61. The van der Waals surface area contributed by atoms with E-state index in [1.165, 1.54) is 0 Å². The quantitative estimate of drug-likeness (QED) is 0.844. The number of aryl methyl sites for hydroxylation is 1. The Labute approximate surface area is 119 Å². The molecule has 2 aromatic rings. The Morgan fingerprint density at radius 2 is 1.95 bits per heavy atom. The first-order valence-corrected chi connectivity index (χ1v) is 6.92. The lowest BCUT2D eigenvalue weighted by molar-refractivity contribution is 0.453. The Bertz CT molecular complexity index is 566. The van der Waals surface area contributed by atoms with Crippen LogP contribution >= 0.6 is 0 Å². The van der Waals surface area contributed by atoms with Crippen molar-refractivity contribution >= 4 is 11.6 Å². The van der Waals surface area contributed by atoms with Crippen molar-refractivity contribution in [3.05, 3.63) is 29.7 Å². The largest absolute Gasteiger partial charge is 0.444 e. The summed E-state index contributed by atoms with van der Waals surface area (Å²) >= 11 is 0. The van der Waals surface area contributed by atoms with E-state index in [9.17, 15) is 0 Å². The van der Waals surface area contributed by atoms with Gasteiger partial charge in [0.25, 0.3) is 0 Å². The van der Waals surface area contributed by atoms with Crippen molar-refractivity contribution in [2.75, 3.05) is 17.2 Å². The first-order valence-electron chi connectivity index (χ1n) is 6.92. The van der Waals surface area contributed by atoms with Crippen LogP contribution in [0.3, 0.4) is 0 Å². The summed E-state index contributed by atoms with van der Waals surface area (Å²) in [5, 5.41) is 6.60. The van der Waals surface area contributed by atoms with Gasteiger partial charge in [0.2, 0.25) is 5.89 Å². The Kier molecular flexibility index (Phi) is 4.55. The van der Waals surface area contributed by atoms with E-state index in [-0.39, 0.29) is 6.04 Å². The zero-order valence-electron chi connectivity index (χ0n) is 12.4. The predicted molar refractivity (Wildman–Crippen MR) is 78.9 cm³/mol. The molecule has 0 aliphatic heterocycles. The van der Waals surface area contributed by atoms with Crippen LogP contribution in [0.5, 0.6) is 0 Å². The van der Waals surface area contributed by atoms with Gasteiger partial charge in [-0.05, 0) is 27.2 Å². The molecule has 0 saturated heterocycles. The number of nitrogens with zero attached hydrogens (tertiary/aromatic N) is 3. The molecule has 0 saturated carbocycles. The van der Waals surface area contributed by atoms with Gasteiger partial charge in [0.05, 0.1) is 6.20 Å². The molecule has 0 spiro atoms. The maximum Gasteiger partial charge on any atom is 0.216 e. The van der Waals surface area contributed by atoms with E-state index in [1.807, 2.05) is 20.8 Å². The fourth-order valence-corrected chi connectivity index (χ4v) is 2.03. The SMILES string of the molecule is CCNc1ncnc(NC(C)c2ncc(C)o2)c1CC. The third-order valence-electron chi connectivity index (χ3n) is 3.01. The summed E-state index contributed by atoms with van der Waals surface area (Å²) in [6, 6.07) is -0.0432. The van der Waals surface area contributed by atoms with Crippen molar-refractivity contribution in [3.8, 4) is 0 Å². The molecule has 6 heteroatoms. The van der Waals surface area contributed by atoms with Crippen molar-refractivity contribution in [1.82, 2.24) is 15.0 Å². The topological polar surface area (TPSA) is 75.9 Å². The average Bonchev–Trinajstić information content (AvgIpc) is 2.86. The summed E-state index contributed by atoms with van der Waals surface area (Å²) in [5.41, 5.74) is 1.07. The maximum atomic E-state index is 5.54. The highest BCUT2D eigenvalue weighted by Gasteiger charge is 2.15. The zero-order valence-corrected chi connectivity index (χ0v) is 12.4. The monoisotopic (exact) mass is 275 g/mol. The number of oxazole rings is 1. The zero-order chi connectivity index (χ0) is 14.5. The Balaban J connectivity index is 2.22. The molecule has 2 rings (SSSR count). The lowest BCUT2D eigenvalue weighted by Gasteiger charge is -2.16. The fourth-order valence-electron chi connectivity index (χ4n) is 2.03. The third-order valence-corrected chi connectivity index (χ3v) is 3.01. The van der Waals surface area contributed by atoms with Gasteiger partial charge in [-0.3, -0.25) is 0 Å². The van der Waals surface area contributed by atoms with Crippen molar-refractivity contribution in [1.29, 1.82) is 0 Å². The molecule has 1 unspecified atom stereocenters. The molecule has 108 valence electrons. The second-order valence-corrected chi connectivity index (χ2v) is 4.61. The third kappa shape index (κ3) is 3.07. The maximum absolute atomic E-state index is 5.54. The minimum absolute atomic E-state index is 0.0432. The normalized spacial score (nSPS) is 12.2. The average molecular weight is 275 g/mol. The van der Waals surface area contributed by atoms with E-state index >= 15 is 0 Å². The standard InChI is InChI=1S/C14H21N5O/c1-5-11-12(15-6-2)17-8-18-13(11)19-10(4)14-16-7-9(3)20-14/h7-8,10H,5-6H2,1-4H3,(H2,15,17,18,19). The van der Waals surface area contributed by atoms with E-state index in [1.54, 1.807) is 12.5 Å². The fraction of sp³-hybridized carbons (Fsp3) is 0.500. The number of rotatable bonds is 6. The van der Waals surface area contributed by atoms with E-state index < -0.39 is 0 Å². The molecule has 0 amide bonds. The molecule has 2 heterocycles. The number of aromatic nitrogens is 3. The van der Waals surface area contributed by atoms with Gasteiger partial charge in [0.1, 0.15) is 29.8 Å². The predicted octanol–water partition coefficient (Wildman–Crippen LogP) is 2.94. The molecule has 2 aromatic heterocycles. The van der Waals surface area contributed by atoms with Gasteiger partial charge in [-0.1, -0.05) is 6.92 Å². The number of hydrogen-bond acceptors (Lipinski definition) is 6. The van der Waals surface area contributed by atoms with Crippen LogP contribution in [0.15, 0.2) is 16.9 Å². The molecule has 0 aliphatic carbocycles. The molecule has 0 aliphatic rings. The van der Waals surface area contributed by atoms with Crippen LogP contribution in [-0.2, 0) is 6.42 Å². The number of nitrogens with one attached hydrogen (secondary N) is 2. The van der Waals surface area contributed by atoms with Gasteiger partial charge in [-0.15, -0.1) is 0 Å². The summed E-state index contributed by atoms with van der Waals surface area (Å²) in [6.07, 6.45) is 4.13. The molecule has 6 nitrogen and oxygen atoms in total. The van der Waals surface area contributed by atoms with E-state index in [4.69, 9.17) is 4.42 Å². The lowest BCUT2D eigenvalue weighted by Crippen LogP contribution is -2.13. The number of hydrogen-bond donors (Lipinski definition) is 2. The summed E-state index contributed by atoms with van der Waals surface area (Å²) in [4.78, 5) is 12.9. The summed E-state index contributed by atoms with van der Waals surface area (Å²) in [7, 11) is 0. The van der Waals surface area contributed by atoms with Crippen LogP contribution in [0.4, 0.5) is 11.6 Å². The lowest BCUT2D eigenvalue weighted by atomic mass is 10.2. The summed E-state index contributed by atoms with van der Waals surface area (Å²) < 4.78 is 5.54. The molecule has 2 N–H and O–H groups in total. The minimum Gasteiger partial charge on any atom is -0.444 e. The molecule has 0 radical (unpaired) electrons. The first-order chi connectivity index (χ1) is 9.65. The molecular weight excluding hydrogens is 254 g/mol. The molecule has 0 aromatic carbocycles. The highest BCUT2D eigenvalue weighted by molar-refractivity contribution is 5.57. The van der Waals surface area contributed by atoms with Gasteiger partial charge in [-0.25, -0.2) is 15.0 Å². The van der Waals surface area contributed by atoms with Crippen molar-refractivity contribution < 1.29 is 4.42 Å². The van der Waals surface area contributed by atoms with Crippen LogP contribution in [0.2, 0.25) is 0 Å². The van der Waals surface area contributed by atoms with Gasteiger partial charge in [0.15, 0.2) is 0 Å². The smallest absolute Gasteiger partial charge is 0.216 e. The van der Waals surface area contributed by atoms with Crippen molar-refractivity contribution in [3.63, 3.8) is 0 Å². The highest BCUT2D eigenvalue weighted by atomic mass is 16.4. The van der Waals surface area contributed by atoms with Crippen LogP contribution in [-0.4, -0.2) is 21.5 Å². The van der Waals surface area contributed by atoms with Gasteiger partial charge in [0, 0.05) is 12.1 Å². The Morgan fingerprint density at radius 1 is 1.20 bits per heavy atom. The van der Waals surface area contributed by atoms with Crippen LogP contribution in [0.25, 0.3) is 0 Å². The molecule has 0 bridgehead atoms. The Hall–Kier alpha value is -2.11. The Morgan fingerprint density at radius 3 is 2.55 bits per heavy atom. The van der Waals surface area contributed by atoms with Gasteiger partial charge >= 0.3 is 0 Å². The number of anilines is 2.